The number of rotatable bonds is 6. The Labute approximate surface area is 191 Å². The lowest BCUT2D eigenvalue weighted by Gasteiger charge is -2.31. The largest absolute Gasteiger partial charge is 0.493 e. The highest BCUT2D eigenvalue weighted by molar-refractivity contribution is 6.09. The number of nitrogens with zero attached hydrogens (tertiary/aromatic N) is 2. The first-order valence-electron chi connectivity index (χ1n) is 11.9. The number of benzene rings is 3. The summed E-state index contributed by atoms with van der Waals surface area (Å²) in [6.07, 6.45) is 2.24. The van der Waals surface area contributed by atoms with Gasteiger partial charge in [-0.05, 0) is 65.4 Å². The Hall–Kier alpha value is -2.91. The lowest BCUT2D eigenvalue weighted by atomic mass is 9.89. The van der Waals surface area contributed by atoms with Gasteiger partial charge in [-0.2, -0.15) is 0 Å². The monoisotopic (exact) mass is 424 g/mol. The summed E-state index contributed by atoms with van der Waals surface area (Å²) in [7, 11) is 0. The Bertz CT molecular complexity index is 1260. The predicted octanol–water partition coefficient (Wildman–Crippen LogP) is 6.86. The zero-order valence-electron chi connectivity index (χ0n) is 19.4. The first-order chi connectivity index (χ1) is 15.6. The zero-order chi connectivity index (χ0) is 22.1. The summed E-state index contributed by atoms with van der Waals surface area (Å²) in [5.74, 6) is 1.42. The Balaban J connectivity index is 1.70. The van der Waals surface area contributed by atoms with Crippen molar-refractivity contribution in [1.82, 2.24) is 9.88 Å². The van der Waals surface area contributed by atoms with E-state index in [1.807, 2.05) is 0 Å². The lowest BCUT2D eigenvalue weighted by molar-refractivity contribution is 0.255. The Morgan fingerprint density at radius 3 is 2.72 bits per heavy atom. The fraction of sp³-hybridized carbons (Fsp3) is 0.345. The molecule has 1 aromatic heterocycles. The number of aromatic nitrogens is 1. The third kappa shape index (κ3) is 3.98. The van der Waals surface area contributed by atoms with E-state index >= 15 is 0 Å². The molecule has 0 unspecified atom stereocenters. The molecule has 5 rings (SSSR count). The van der Waals surface area contributed by atoms with Gasteiger partial charge >= 0.3 is 0 Å². The van der Waals surface area contributed by atoms with Crippen LogP contribution in [0.2, 0.25) is 0 Å². The van der Waals surface area contributed by atoms with E-state index in [4.69, 9.17) is 9.72 Å². The molecule has 0 radical (unpaired) electrons. The summed E-state index contributed by atoms with van der Waals surface area (Å²) >= 11 is 0. The summed E-state index contributed by atoms with van der Waals surface area (Å²) in [6, 6.07) is 21.6. The Kier molecular flexibility index (Phi) is 5.84. The molecule has 0 atom stereocenters. The molecule has 3 nitrogen and oxygen atoms in total. The maximum absolute atomic E-state index is 6.04. The van der Waals surface area contributed by atoms with Gasteiger partial charge in [0, 0.05) is 24.0 Å². The van der Waals surface area contributed by atoms with Crippen LogP contribution in [-0.2, 0) is 13.0 Å². The van der Waals surface area contributed by atoms with E-state index < -0.39 is 0 Å². The molecule has 0 amide bonds. The number of hydrogen-bond donors (Lipinski definition) is 0. The summed E-state index contributed by atoms with van der Waals surface area (Å²) in [4.78, 5) is 7.83. The van der Waals surface area contributed by atoms with Gasteiger partial charge in [0.2, 0.25) is 0 Å². The van der Waals surface area contributed by atoms with Crippen LogP contribution >= 0.6 is 0 Å². The fourth-order valence-corrected chi connectivity index (χ4v) is 4.91. The van der Waals surface area contributed by atoms with Gasteiger partial charge in [-0.15, -0.1) is 0 Å². The second kappa shape index (κ2) is 8.91. The number of pyridine rings is 1. The Morgan fingerprint density at radius 2 is 1.88 bits per heavy atom. The number of ether oxygens (including phenoxy) is 1. The van der Waals surface area contributed by atoms with Gasteiger partial charge in [0.1, 0.15) is 5.75 Å². The van der Waals surface area contributed by atoms with E-state index in [2.05, 4.69) is 86.3 Å². The molecule has 164 valence electrons. The molecule has 2 heterocycles. The molecule has 0 N–H and O–H groups in total. The number of fused-ring (bicyclic) bond motifs is 5. The van der Waals surface area contributed by atoms with Crippen LogP contribution in [-0.4, -0.2) is 29.6 Å². The van der Waals surface area contributed by atoms with E-state index in [1.54, 1.807) is 0 Å². The van der Waals surface area contributed by atoms with Crippen LogP contribution in [0.5, 0.6) is 5.75 Å². The van der Waals surface area contributed by atoms with E-state index in [9.17, 15) is 0 Å². The van der Waals surface area contributed by atoms with Crippen LogP contribution in [0.1, 0.15) is 38.3 Å². The van der Waals surface area contributed by atoms with Crippen molar-refractivity contribution in [2.24, 2.45) is 5.92 Å². The van der Waals surface area contributed by atoms with Gasteiger partial charge < -0.3 is 4.74 Å². The van der Waals surface area contributed by atoms with Gasteiger partial charge in [0.05, 0.1) is 17.8 Å². The molecule has 0 fully saturated rings. The van der Waals surface area contributed by atoms with Crippen LogP contribution in [0, 0.1) is 5.92 Å². The topological polar surface area (TPSA) is 25.4 Å². The van der Waals surface area contributed by atoms with Crippen molar-refractivity contribution in [3.8, 4) is 17.0 Å². The van der Waals surface area contributed by atoms with E-state index in [0.29, 0.717) is 5.92 Å². The minimum absolute atomic E-state index is 0.501. The third-order valence-corrected chi connectivity index (χ3v) is 6.38. The molecule has 32 heavy (non-hydrogen) atoms. The molecule has 0 aliphatic carbocycles. The molecular weight excluding hydrogens is 392 g/mol. The molecule has 0 bridgehead atoms. The molecule has 0 saturated heterocycles. The van der Waals surface area contributed by atoms with Crippen LogP contribution in [0.15, 0.2) is 60.7 Å². The minimum Gasteiger partial charge on any atom is -0.493 e. The van der Waals surface area contributed by atoms with Crippen molar-refractivity contribution in [2.75, 3.05) is 19.7 Å². The van der Waals surface area contributed by atoms with Gasteiger partial charge in [-0.3, -0.25) is 4.90 Å². The normalized spacial score (nSPS) is 14.2. The molecule has 4 aromatic rings. The second-order valence-electron chi connectivity index (χ2n) is 9.36. The van der Waals surface area contributed by atoms with E-state index in [1.165, 1.54) is 33.7 Å². The quantitative estimate of drug-likeness (QED) is 0.316. The van der Waals surface area contributed by atoms with Crippen molar-refractivity contribution in [3.63, 3.8) is 0 Å². The van der Waals surface area contributed by atoms with Crippen molar-refractivity contribution >= 4 is 21.7 Å². The first-order valence-corrected chi connectivity index (χ1v) is 11.9. The SMILES string of the molecule is CCCN1CCc2c(c(-c3cccc(OCC(C)C)c3)nc3ccc4ccccc4c23)C1. The standard InChI is InChI=1S/C29H32N2O/c1-4-15-31-16-14-25-26(18-31)29(22-9-7-10-23(17-22)32-19-20(2)3)30-27-13-12-21-8-5-6-11-24(21)28(25)27/h5-13,17,20H,4,14-16,18-19H2,1-3H3. The predicted molar refractivity (Wildman–Crippen MR) is 134 cm³/mol. The first kappa shape index (κ1) is 21.0. The molecule has 0 saturated carbocycles. The summed E-state index contributed by atoms with van der Waals surface area (Å²) in [5.41, 5.74) is 6.21. The molecule has 1 aliphatic heterocycles. The van der Waals surface area contributed by atoms with Gasteiger partial charge in [0.15, 0.2) is 0 Å². The third-order valence-electron chi connectivity index (χ3n) is 6.38. The zero-order valence-corrected chi connectivity index (χ0v) is 19.4. The minimum atomic E-state index is 0.501. The van der Waals surface area contributed by atoms with Gasteiger partial charge in [-0.25, -0.2) is 4.98 Å². The van der Waals surface area contributed by atoms with Crippen LogP contribution in [0.4, 0.5) is 0 Å². The maximum Gasteiger partial charge on any atom is 0.119 e. The van der Waals surface area contributed by atoms with Crippen LogP contribution in [0.3, 0.4) is 0 Å². The Morgan fingerprint density at radius 1 is 1.00 bits per heavy atom. The molecule has 0 spiro atoms. The average Bonchev–Trinajstić information content (AvgIpc) is 2.82. The molecule has 3 aromatic carbocycles. The smallest absolute Gasteiger partial charge is 0.119 e. The van der Waals surface area contributed by atoms with E-state index in [-0.39, 0.29) is 0 Å². The fourth-order valence-electron chi connectivity index (χ4n) is 4.91. The second-order valence-corrected chi connectivity index (χ2v) is 9.36. The lowest BCUT2D eigenvalue weighted by Crippen LogP contribution is -2.32. The van der Waals surface area contributed by atoms with Crippen molar-refractivity contribution in [1.29, 1.82) is 0 Å². The average molecular weight is 425 g/mol. The highest BCUT2D eigenvalue weighted by Crippen LogP contribution is 2.38. The summed E-state index contributed by atoms with van der Waals surface area (Å²) < 4.78 is 6.04. The van der Waals surface area contributed by atoms with E-state index in [0.717, 1.165) is 55.2 Å². The summed E-state index contributed by atoms with van der Waals surface area (Å²) in [6.45, 7) is 10.5. The van der Waals surface area contributed by atoms with Crippen molar-refractivity contribution in [3.05, 3.63) is 71.8 Å². The highest BCUT2D eigenvalue weighted by Gasteiger charge is 2.24. The molecule has 3 heteroatoms. The van der Waals surface area contributed by atoms with Crippen molar-refractivity contribution < 1.29 is 4.74 Å². The van der Waals surface area contributed by atoms with Gasteiger partial charge in [0.25, 0.3) is 0 Å². The highest BCUT2D eigenvalue weighted by atomic mass is 16.5. The van der Waals surface area contributed by atoms with Crippen molar-refractivity contribution in [2.45, 2.75) is 40.2 Å². The number of hydrogen-bond acceptors (Lipinski definition) is 3. The molecular formula is C29H32N2O. The summed E-state index contributed by atoms with van der Waals surface area (Å²) in [5, 5.41) is 3.94. The van der Waals surface area contributed by atoms with Crippen LogP contribution < -0.4 is 4.74 Å². The van der Waals surface area contributed by atoms with Crippen LogP contribution in [0.25, 0.3) is 32.9 Å². The van der Waals surface area contributed by atoms with Gasteiger partial charge in [-0.1, -0.05) is 63.2 Å². The molecule has 1 aliphatic rings. The maximum atomic E-state index is 6.04.